The first-order valence-corrected chi connectivity index (χ1v) is 10.5. The molecule has 0 spiro atoms. The van der Waals surface area contributed by atoms with Crippen molar-refractivity contribution in [1.29, 1.82) is 0 Å². The van der Waals surface area contributed by atoms with Crippen LogP contribution in [0.3, 0.4) is 0 Å². The Hall–Kier alpha value is -3.08. The number of nitro groups is 1. The predicted octanol–water partition coefficient (Wildman–Crippen LogP) is 3.56. The fraction of sp³-hybridized carbons (Fsp3) is 0.0952. The Labute approximate surface area is 190 Å². The van der Waals surface area contributed by atoms with Crippen LogP contribution in [0.4, 0.5) is 5.69 Å². The van der Waals surface area contributed by atoms with Crippen molar-refractivity contribution in [3.05, 3.63) is 106 Å². The van der Waals surface area contributed by atoms with Gasteiger partial charge in [0.15, 0.2) is 0 Å². The number of nitrogens with two attached hydrogens (primary N) is 1. The van der Waals surface area contributed by atoms with Crippen molar-refractivity contribution in [3.8, 4) is 0 Å². The Balaban J connectivity index is 0.00000341. The second-order valence-electron chi connectivity index (χ2n) is 6.46. The number of hydrogen-bond donors (Lipinski definition) is 2. The van der Waals surface area contributed by atoms with Crippen molar-refractivity contribution < 1.29 is 13.3 Å². The first kappa shape index (κ1) is 24.2. The van der Waals surface area contributed by atoms with Crippen LogP contribution < -0.4 is 10.5 Å². The lowest BCUT2D eigenvalue weighted by Crippen LogP contribution is -2.23. The zero-order valence-electron chi connectivity index (χ0n) is 16.3. The number of sulfonamides is 1. The molecule has 3 rings (SSSR count). The average Bonchev–Trinajstić information content (AvgIpc) is 2.77. The van der Waals surface area contributed by atoms with E-state index in [0.717, 1.165) is 28.8 Å². The third kappa shape index (κ3) is 6.71. The molecule has 0 aliphatic rings. The van der Waals surface area contributed by atoms with Gasteiger partial charge in [-0.25, -0.2) is 13.1 Å². The lowest BCUT2D eigenvalue weighted by Gasteiger charge is -2.08. The SMILES string of the molecule is Br.NC(=NCc1cccc(CNS(=O)(=O)c2ccc([N+](=O)[O-])cc2)c1)c1ccccc1. The topological polar surface area (TPSA) is 128 Å². The number of halogens is 1. The van der Waals surface area contributed by atoms with E-state index in [1.165, 1.54) is 12.1 Å². The van der Waals surface area contributed by atoms with Crippen LogP contribution in [-0.4, -0.2) is 19.2 Å². The normalized spacial score (nSPS) is 11.5. The molecule has 0 aromatic heterocycles. The average molecular weight is 505 g/mol. The Bertz CT molecular complexity index is 1170. The number of amidine groups is 1. The van der Waals surface area contributed by atoms with Gasteiger partial charge in [0.25, 0.3) is 5.69 Å². The number of nitrogens with zero attached hydrogens (tertiary/aromatic N) is 2. The number of nitro benzene ring substituents is 1. The van der Waals surface area contributed by atoms with Crippen molar-refractivity contribution in [2.45, 2.75) is 18.0 Å². The van der Waals surface area contributed by atoms with E-state index in [1.54, 1.807) is 6.07 Å². The first-order chi connectivity index (χ1) is 14.3. The maximum absolute atomic E-state index is 12.4. The maximum atomic E-state index is 12.4. The van der Waals surface area contributed by atoms with Crippen LogP contribution in [0.5, 0.6) is 0 Å². The fourth-order valence-corrected chi connectivity index (χ4v) is 3.74. The van der Waals surface area contributed by atoms with Crippen molar-refractivity contribution in [2.75, 3.05) is 0 Å². The summed E-state index contributed by atoms with van der Waals surface area (Å²) in [4.78, 5) is 14.5. The number of benzene rings is 3. The molecule has 0 aliphatic carbocycles. The summed E-state index contributed by atoms with van der Waals surface area (Å²) >= 11 is 0. The highest BCUT2D eigenvalue weighted by Crippen LogP contribution is 2.16. The number of aliphatic imine (C=N–C) groups is 1. The van der Waals surface area contributed by atoms with E-state index in [9.17, 15) is 18.5 Å². The first-order valence-electron chi connectivity index (χ1n) is 9.02. The Kier molecular flexibility index (Phi) is 8.43. The maximum Gasteiger partial charge on any atom is 0.269 e. The molecular weight excluding hydrogens is 484 g/mol. The Morgan fingerprint density at radius 1 is 0.968 bits per heavy atom. The van der Waals surface area contributed by atoms with Crippen LogP contribution in [0.2, 0.25) is 0 Å². The van der Waals surface area contributed by atoms with E-state index < -0.39 is 14.9 Å². The molecule has 0 saturated heterocycles. The summed E-state index contributed by atoms with van der Waals surface area (Å²) in [5, 5.41) is 10.7. The molecule has 0 saturated carbocycles. The van der Waals surface area contributed by atoms with Gasteiger partial charge in [0.05, 0.1) is 16.4 Å². The van der Waals surface area contributed by atoms with E-state index >= 15 is 0 Å². The smallest absolute Gasteiger partial charge is 0.269 e. The van der Waals surface area contributed by atoms with E-state index in [-0.39, 0.29) is 34.1 Å². The molecule has 8 nitrogen and oxygen atoms in total. The highest BCUT2D eigenvalue weighted by atomic mass is 79.9. The lowest BCUT2D eigenvalue weighted by atomic mass is 10.1. The van der Waals surface area contributed by atoms with Crippen LogP contribution >= 0.6 is 17.0 Å². The minimum Gasteiger partial charge on any atom is -0.383 e. The summed E-state index contributed by atoms with van der Waals surface area (Å²) in [6, 6.07) is 21.5. The molecule has 0 fully saturated rings. The van der Waals surface area contributed by atoms with Gasteiger partial charge in [-0.15, -0.1) is 17.0 Å². The summed E-state index contributed by atoms with van der Waals surface area (Å²) in [5.74, 6) is 0.430. The third-order valence-electron chi connectivity index (χ3n) is 4.32. The number of rotatable bonds is 8. The van der Waals surface area contributed by atoms with Crippen LogP contribution in [0.15, 0.2) is 88.8 Å². The number of nitrogens with one attached hydrogen (secondary N) is 1. The fourth-order valence-electron chi connectivity index (χ4n) is 2.72. The largest absolute Gasteiger partial charge is 0.383 e. The van der Waals surface area contributed by atoms with Gasteiger partial charge < -0.3 is 5.73 Å². The molecule has 0 unspecified atom stereocenters. The lowest BCUT2D eigenvalue weighted by molar-refractivity contribution is -0.384. The summed E-state index contributed by atoms with van der Waals surface area (Å²) in [5.41, 5.74) is 8.32. The van der Waals surface area contributed by atoms with Crippen LogP contribution in [0.25, 0.3) is 0 Å². The molecular formula is C21H21BrN4O4S. The van der Waals surface area contributed by atoms with Crippen molar-refractivity contribution in [3.63, 3.8) is 0 Å². The highest BCUT2D eigenvalue weighted by molar-refractivity contribution is 8.93. The molecule has 0 amide bonds. The van der Waals surface area contributed by atoms with Gasteiger partial charge in [-0.05, 0) is 23.3 Å². The summed E-state index contributed by atoms with van der Waals surface area (Å²) in [6.07, 6.45) is 0. The summed E-state index contributed by atoms with van der Waals surface area (Å²) < 4.78 is 27.3. The van der Waals surface area contributed by atoms with Gasteiger partial charge in [-0.2, -0.15) is 0 Å². The highest BCUT2D eigenvalue weighted by Gasteiger charge is 2.15. The standard InChI is InChI=1S/C21H20N4O4S.BrH/c22-21(18-7-2-1-3-8-18)23-14-16-5-4-6-17(13-16)15-24-30(28,29)20-11-9-19(10-12-20)25(26)27;/h1-13,24H,14-15H2,(H2,22,23);1H. The Morgan fingerprint density at radius 2 is 1.61 bits per heavy atom. The molecule has 162 valence electrons. The molecule has 0 bridgehead atoms. The zero-order chi connectivity index (χ0) is 21.6. The summed E-state index contributed by atoms with van der Waals surface area (Å²) in [6.45, 7) is 0.439. The van der Waals surface area contributed by atoms with Gasteiger partial charge in [0, 0.05) is 24.2 Å². The van der Waals surface area contributed by atoms with Crippen molar-refractivity contribution >= 4 is 38.5 Å². The minimum atomic E-state index is -3.80. The quantitative estimate of drug-likeness (QED) is 0.210. The van der Waals surface area contributed by atoms with E-state index in [2.05, 4.69) is 9.71 Å². The molecule has 0 aliphatic heterocycles. The van der Waals surface area contributed by atoms with Gasteiger partial charge in [0.2, 0.25) is 10.0 Å². The van der Waals surface area contributed by atoms with Gasteiger partial charge in [-0.1, -0.05) is 54.6 Å². The molecule has 3 aromatic carbocycles. The molecule has 3 N–H and O–H groups in total. The predicted molar refractivity (Wildman–Crippen MR) is 125 cm³/mol. The molecule has 10 heteroatoms. The third-order valence-corrected chi connectivity index (χ3v) is 5.73. The molecule has 3 aromatic rings. The number of non-ortho nitro benzene ring substituents is 1. The van der Waals surface area contributed by atoms with Crippen LogP contribution in [0, 0.1) is 10.1 Å². The van der Waals surface area contributed by atoms with Gasteiger partial charge in [0.1, 0.15) is 5.84 Å². The van der Waals surface area contributed by atoms with Crippen LogP contribution in [-0.2, 0) is 23.1 Å². The second kappa shape index (κ2) is 10.8. The van der Waals surface area contributed by atoms with Crippen molar-refractivity contribution in [1.82, 2.24) is 4.72 Å². The number of hydrogen-bond acceptors (Lipinski definition) is 5. The van der Waals surface area contributed by atoms with E-state index in [4.69, 9.17) is 5.73 Å². The summed E-state index contributed by atoms with van der Waals surface area (Å²) in [7, 11) is -3.80. The molecule has 0 radical (unpaired) electrons. The van der Waals surface area contributed by atoms with Crippen LogP contribution in [0.1, 0.15) is 16.7 Å². The van der Waals surface area contributed by atoms with Gasteiger partial charge in [-0.3, -0.25) is 15.1 Å². The zero-order valence-corrected chi connectivity index (χ0v) is 18.9. The molecule has 31 heavy (non-hydrogen) atoms. The van der Waals surface area contributed by atoms with Crippen molar-refractivity contribution in [2.24, 2.45) is 10.7 Å². The minimum absolute atomic E-state index is 0. The Morgan fingerprint density at radius 3 is 2.26 bits per heavy atom. The second-order valence-corrected chi connectivity index (χ2v) is 8.23. The molecule has 0 heterocycles. The van der Waals surface area contributed by atoms with E-state index in [0.29, 0.717) is 12.4 Å². The monoisotopic (exact) mass is 504 g/mol. The molecule has 0 atom stereocenters. The van der Waals surface area contributed by atoms with E-state index in [1.807, 2.05) is 48.5 Å². The van der Waals surface area contributed by atoms with Gasteiger partial charge >= 0.3 is 0 Å².